The fraction of sp³-hybridized carbons (Fsp3) is 0.467. The van der Waals surface area contributed by atoms with E-state index in [0.717, 1.165) is 0 Å². The number of aromatic amines is 1. The van der Waals surface area contributed by atoms with Gasteiger partial charge in [-0.2, -0.15) is 5.10 Å². The van der Waals surface area contributed by atoms with Gasteiger partial charge in [-0.15, -0.1) is 0 Å². The summed E-state index contributed by atoms with van der Waals surface area (Å²) < 4.78 is 5.03. The van der Waals surface area contributed by atoms with Crippen LogP contribution in [0.2, 0.25) is 0 Å². The molecule has 10 nitrogen and oxygen atoms in total. The van der Waals surface area contributed by atoms with Crippen LogP contribution in [0.25, 0.3) is 10.9 Å². The summed E-state index contributed by atoms with van der Waals surface area (Å²) in [6.07, 6.45) is -2.26. The van der Waals surface area contributed by atoms with Crippen molar-refractivity contribution in [3.63, 3.8) is 0 Å². The van der Waals surface area contributed by atoms with Gasteiger partial charge in [-0.25, -0.2) is 4.79 Å². The number of ether oxygens (including phenoxy) is 1. The van der Waals surface area contributed by atoms with Gasteiger partial charge in [-0.05, 0) is 32.4 Å². The smallest absolute Gasteiger partial charge is 0.407 e. The molecule has 0 saturated heterocycles. The number of rotatable bonds is 5. The number of hydrogen-bond acceptors (Lipinski definition) is 7. The molecule has 2 rings (SSSR count). The summed E-state index contributed by atoms with van der Waals surface area (Å²) >= 11 is 0. The summed E-state index contributed by atoms with van der Waals surface area (Å²) in [5, 5.41) is 40.4. The quantitative estimate of drug-likeness (QED) is 0.469. The van der Waals surface area contributed by atoms with Gasteiger partial charge in [0.2, 0.25) is 0 Å². The molecule has 4 N–H and O–H groups in total. The summed E-state index contributed by atoms with van der Waals surface area (Å²) in [4.78, 5) is 22.1. The lowest BCUT2D eigenvalue weighted by atomic mass is 10.0. The summed E-state index contributed by atoms with van der Waals surface area (Å²) in [6, 6.07) is 2.62. The number of aliphatic hydroxyl groups is 2. The molecule has 2 atom stereocenters. The second-order valence-electron chi connectivity index (χ2n) is 6.52. The van der Waals surface area contributed by atoms with Crippen molar-refractivity contribution in [1.29, 1.82) is 0 Å². The standard InChI is InChI=1S/C15H20N4O6/c1-15(2,3)25-14(22)16-7-12(20)13(21)8-4-10-9(6-17-18-10)11(5-8)19(23)24/h4-6,12-13,20-21H,7H2,1-3H3,(H,16,22)(H,17,18). The van der Waals surface area contributed by atoms with Gasteiger partial charge in [-0.3, -0.25) is 15.2 Å². The van der Waals surface area contributed by atoms with Gasteiger partial charge >= 0.3 is 6.09 Å². The van der Waals surface area contributed by atoms with Gasteiger partial charge in [0.1, 0.15) is 17.8 Å². The summed E-state index contributed by atoms with van der Waals surface area (Å²) in [6.45, 7) is 4.79. The van der Waals surface area contributed by atoms with Crippen molar-refractivity contribution < 1.29 is 24.7 Å². The maximum Gasteiger partial charge on any atom is 0.407 e. The zero-order valence-electron chi connectivity index (χ0n) is 14.0. The first-order valence-corrected chi connectivity index (χ1v) is 7.53. The fourth-order valence-corrected chi connectivity index (χ4v) is 2.21. The van der Waals surface area contributed by atoms with E-state index >= 15 is 0 Å². The average Bonchev–Trinajstić information content (AvgIpc) is 2.97. The number of nitro groups is 1. The third kappa shape index (κ3) is 4.64. The zero-order valence-corrected chi connectivity index (χ0v) is 14.0. The molecule has 0 bridgehead atoms. The maximum absolute atomic E-state index is 11.6. The molecule has 10 heteroatoms. The van der Waals surface area contributed by atoms with E-state index in [4.69, 9.17) is 4.74 Å². The Morgan fingerprint density at radius 1 is 1.44 bits per heavy atom. The van der Waals surface area contributed by atoms with E-state index in [2.05, 4.69) is 15.5 Å². The molecule has 1 aromatic carbocycles. The van der Waals surface area contributed by atoms with Gasteiger partial charge in [0.05, 0.1) is 22.0 Å². The molecule has 2 unspecified atom stereocenters. The monoisotopic (exact) mass is 352 g/mol. The molecular formula is C15H20N4O6. The summed E-state index contributed by atoms with van der Waals surface area (Å²) in [5.74, 6) is 0. The molecule has 2 aromatic rings. The Hall–Kier alpha value is -2.72. The van der Waals surface area contributed by atoms with Crippen LogP contribution in [-0.4, -0.2) is 49.7 Å². The second kappa shape index (κ2) is 7.03. The molecule has 1 heterocycles. The molecule has 136 valence electrons. The van der Waals surface area contributed by atoms with Gasteiger partial charge in [-0.1, -0.05) is 0 Å². The van der Waals surface area contributed by atoms with Crippen molar-refractivity contribution in [3.8, 4) is 0 Å². The molecule has 0 spiro atoms. The number of amides is 1. The summed E-state index contributed by atoms with van der Waals surface area (Å²) in [5.41, 5.74) is -0.454. The van der Waals surface area contributed by atoms with E-state index in [1.165, 1.54) is 18.3 Å². The Bertz CT molecular complexity index is 782. The number of hydrogen-bond donors (Lipinski definition) is 4. The van der Waals surface area contributed by atoms with Gasteiger partial charge in [0, 0.05) is 12.6 Å². The molecule has 1 amide bonds. The number of nitrogens with one attached hydrogen (secondary N) is 2. The molecular weight excluding hydrogens is 332 g/mol. The fourth-order valence-electron chi connectivity index (χ4n) is 2.21. The Morgan fingerprint density at radius 3 is 2.72 bits per heavy atom. The Morgan fingerprint density at radius 2 is 2.12 bits per heavy atom. The average molecular weight is 352 g/mol. The van der Waals surface area contributed by atoms with E-state index in [1.807, 2.05) is 0 Å². The molecule has 0 aliphatic carbocycles. The maximum atomic E-state index is 11.6. The lowest BCUT2D eigenvalue weighted by Crippen LogP contribution is -2.38. The largest absolute Gasteiger partial charge is 0.444 e. The van der Waals surface area contributed by atoms with Crippen LogP contribution in [0.1, 0.15) is 32.4 Å². The Labute approximate surface area is 142 Å². The van der Waals surface area contributed by atoms with E-state index in [-0.39, 0.29) is 17.8 Å². The van der Waals surface area contributed by atoms with Gasteiger partial charge in [0.25, 0.3) is 5.69 Å². The number of aromatic nitrogens is 2. The van der Waals surface area contributed by atoms with Crippen LogP contribution in [0, 0.1) is 10.1 Å². The number of H-pyrrole nitrogens is 1. The normalized spacial score (nSPS) is 14.1. The Balaban J connectivity index is 2.11. The van der Waals surface area contributed by atoms with E-state index < -0.39 is 28.8 Å². The highest BCUT2D eigenvalue weighted by Gasteiger charge is 2.25. The zero-order chi connectivity index (χ0) is 18.8. The first-order chi connectivity index (χ1) is 11.6. The van der Waals surface area contributed by atoms with E-state index in [1.54, 1.807) is 20.8 Å². The molecule has 0 aliphatic heterocycles. The number of carbonyl (C=O) groups is 1. The van der Waals surface area contributed by atoms with Crippen LogP contribution in [0.4, 0.5) is 10.5 Å². The molecule has 0 fully saturated rings. The number of nitro benzene ring substituents is 1. The van der Waals surface area contributed by atoms with Crippen LogP contribution < -0.4 is 5.32 Å². The predicted molar refractivity (Wildman–Crippen MR) is 88.0 cm³/mol. The molecule has 25 heavy (non-hydrogen) atoms. The van der Waals surface area contributed by atoms with E-state index in [9.17, 15) is 25.1 Å². The van der Waals surface area contributed by atoms with Gasteiger partial charge in [0.15, 0.2) is 0 Å². The number of aliphatic hydroxyl groups excluding tert-OH is 2. The first kappa shape index (κ1) is 18.6. The first-order valence-electron chi connectivity index (χ1n) is 7.53. The van der Waals surface area contributed by atoms with Crippen molar-refractivity contribution in [2.24, 2.45) is 0 Å². The van der Waals surface area contributed by atoms with Crippen molar-refractivity contribution in [2.75, 3.05) is 6.54 Å². The van der Waals surface area contributed by atoms with Crippen LogP contribution in [0.15, 0.2) is 18.3 Å². The third-order valence-electron chi connectivity index (χ3n) is 3.32. The van der Waals surface area contributed by atoms with Crippen LogP contribution in [0.3, 0.4) is 0 Å². The van der Waals surface area contributed by atoms with Crippen LogP contribution in [-0.2, 0) is 4.74 Å². The number of carbonyl (C=O) groups excluding carboxylic acids is 1. The predicted octanol–water partition coefficient (Wildman–Crippen LogP) is 1.39. The molecule has 0 saturated carbocycles. The van der Waals surface area contributed by atoms with Crippen molar-refractivity contribution >= 4 is 22.7 Å². The lowest BCUT2D eigenvalue weighted by molar-refractivity contribution is -0.383. The molecule has 0 aliphatic rings. The lowest BCUT2D eigenvalue weighted by Gasteiger charge is -2.22. The minimum absolute atomic E-state index is 0.127. The number of nitrogens with zero attached hydrogens (tertiary/aromatic N) is 2. The molecule has 1 aromatic heterocycles. The number of benzene rings is 1. The van der Waals surface area contributed by atoms with Crippen molar-refractivity contribution in [2.45, 2.75) is 38.6 Å². The van der Waals surface area contributed by atoms with E-state index in [0.29, 0.717) is 10.9 Å². The minimum atomic E-state index is -1.44. The highest BCUT2D eigenvalue weighted by atomic mass is 16.6. The van der Waals surface area contributed by atoms with Crippen LogP contribution >= 0.6 is 0 Å². The van der Waals surface area contributed by atoms with Crippen molar-refractivity contribution in [3.05, 3.63) is 34.0 Å². The molecule has 0 radical (unpaired) electrons. The number of alkyl carbamates (subject to hydrolysis) is 1. The highest BCUT2D eigenvalue weighted by molar-refractivity contribution is 5.88. The van der Waals surface area contributed by atoms with Crippen LogP contribution in [0.5, 0.6) is 0 Å². The highest BCUT2D eigenvalue weighted by Crippen LogP contribution is 2.29. The Kier molecular flexibility index (Phi) is 5.24. The SMILES string of the molecule is CC(C)(C)OC(=O)NCC(O)C(O)c1cc([N+](=O)[O-])c2cn[nH]c2c1. The number of fused-ring (bicyclic) bond motifs is 1. The topological polar surface area (TPSA) is 151 Å². The summed E-state index contributed by atoms with van der Waals surface area (Å²) in [7, 11) is 0. The van der Waals surface area contributed by atoms with Crippen molar-refractivity contribution in [1.82, 2.24) is 15.5 Å². The third-order valence-corrected chi connectivity index (χ3v) is 3.32. The minimum Gasteiger partial charge on any atom is -0.444 e. The van der Waals surface area contributed by atoms with Gasteiger partial charge < -0.3 is 20.3 Å². The second-order valence-corrected chi connectivity index (χ2v) is 6.52. The number of non-ortho nitro benzene ring substituents is 1.